The lowest BCUT2D eigenvalue weighted by atomic mass is 10.00. The Balaban J connectivity index is 1.98. The molecule has 2 aliphatic rings. The van der Waals surface area contributed by atoms with Crippen molar-refractivity contribution in [1.82, 2.24) is 4.57 Å². The molecule has 0 aliphatic heterocycles. The first-order valence-corrected chi connectivity index (χ1v) is 9.52. The number of aryl methyl sites for hydroxylation is 1. The van der Waals surface area contributed by atoms with E-state index in [0.29, 0.717) is 41.2 Å². The second-order valence-corrected chi connectivity index (χ2v) is 8.20. The van der Waals surface area contributed by atoms with Crippen molar-refractivity contribution in [3.8, 4) is 11.8 Å². The van der Waals surface area contributed by atoms with Crippen LogP contribution in [-0.2, 0) is 23.0 Å². The van der Waals surface area contributed by atoms with Crippen molar-refractivity contribution >= 4 is 11.5 Å². The highest BCUT2D eigenvalue weighted by atomic mass is 16.5. The van der Waals surface area contributed by atoms with Gasteiger partial charge in [-0.3, -0.25) is 4.79 Å². The van der Waals surface area contributed by atoms with Crippen molar-refractivity contribution in [2.24, 2.45) is 13.0 Å². The number of esters is 1. The van der Waals surface area contributed by atoms with Crippen molar-refractivity contribution in [3.05, 3.63) is 38.8 Å². The van der Waals surface area contributed by atoms with Crippen LogP contribution in [0.3, 0.4) is 0 Å². The monoisotopic (exact) mass is 369 g/mol. The van der Waals surface area contributed by atoms with E-state index >= 15 is 0 Å². The maximum absolute atomic E-state index is 12.8. The number of hydrogen-bond acceptors (Lipinski definition) is 4. The Bertz CT molecular complexity index is 913. The molecule has 1 saturated carbocycles. The van der Waals surface area contributed by atoms with Gasteiger partial charge in [-0.2, -0.15) is 0 Å². The number of aliphatic hydroxyl groups is 1. The van der Waals surface area contributed by atoms with Crippen LogP contribution in [0.5, 0.6) is 0 Å². The van der Waals surface area contributed by atoms with E-state index in [1.165, 1.54) is 17.4 Å². The van der Waals surface area contributed by atoms with E-state index in [9.17, 15) is 14.7 Å². The molecule has 5 heteroatoms. The summed E-state index contributed by atoms with van der Waals surface area (Å²) < 4.78 is 7.08. The zero-order chi connectivity index (χ0) is 19.8. The smallest absolute Gasteiger partial charge is 0.338 e. The van der Waals surface area contributed by atoms with Crippen molar-refractivity contribution < 1.29 is 14.6 Å². The number of nitrogens with zero attached hydrogens (tertiary/aromatic N) is 1. The number of carbonyl (C=O) groups is 1. The quantitative estimate of drug-likeness (QED) is 0.657. The Morgan fingerprint density at radius 3 is 2.67 bits per heavy atom. The molecule has 1 fully saturated rings. The molecule has 144 valence electrons. The molecule has 2 aliphatic carbocycles. The van der Waals surface area contributed by atoms with Gasteiger partial charge < -0.3 is 14.4 Å². The maximum atomic E-state index is 12.8. The molecule has 1 heterocycles. The highest BCUT2D eigenvalue weighted by molar-refractivity contribution is 6.19. The van der Waals surface area contributed by atoms with E-state index in [0.717, 1.165) is 18.4 Å². The van der Waals surface area contributed by atoms with E-state index in [-0.39, 0.29) is 11.5 Å². The van der Waals surface area contributed by atoms with Gasteiger partial charge >= 0.3 is 5.97 Å². The molecule has 0 spiro atoms. The predicted octanol–water partition coefficient (Wildman–Crippen LogP) is 2.57. The van der Waals surface area contributed by atoms with Crippen LogP contribution in [0.4, 0.5) is 0 Å². The first-order chi connectivity index (χ1) is 12.7. The first kappa shape index (κ1) is 19.4. The molecule has 0 radical (unpaired) electrons. The third-order valence-corrected chi connectivity index (χ3v) is 5.22. The molecule has 5 nitrogen and oxygen atoms in total. The molecule has 1 aromatic heterocycles. The van der Waals surface area contributed by atoms with Crippen molar-refractivity contribution in [1.29, 1.82) is 0 Å². The molecule has 0 unspecified atom stereocenters. The van der Waals surface area contributed by atoms with Gasteiger partial charge in [-0.25, -0.2) is 4.79 Å². The van der Waals surface area contributed by atoms with Crippen LogP contribution < -0.4 is 5.56 Å². The van der Waals surface area contributed by atoms with Gasteiger partial charge in [0.1, 0.15) is 5.60 Å². The number of aromatic nitrogens is 1. The maximum Gasteiger partial charge on any atom is 0.338 e. The number of rotatable bonds is 3. The van der Waals surface area contributed by atoms with Crippen LogP contribution in [0.25, 0.3) is 5.57 Å². The van der Waals surface area contributed by atoms with Crippen LogP contribution in [-0.4, -0.2) is 27.9 Å². The number of carbonyl (C=O) groups excluding carboxylic acids is 1. The first-order valence-electron chi connectivity index (χ1n) is 9.52. The number of ether oxygens (including phenoxy) is 1. The minimum atomic E-state index is -1.16. The second-order valence-electron chi connectivity index (χ2n) is 8.20. The molecule has 3 rings (SSSR count). The molecule has 0 aromatic carbocycles. The summed E-state index contributed by atoms with van der Waals surface area (Å²) in [5.41, 5.74) is 1.71. The summed E-state index contributed by atoms with van der Waals surface area (Å²) in [7, 11) is 1.67. The van der Waals surface area contributed by atoms with E-state index in [2.05, 4.69) is 11.8 Å². The summed E-state index contributed by atoms with van der Waals surface area (Å²) in [4.78, 5) is 25.4. The topological polar surface area (TPSA) is 68.5 Å². The lowest BCUT2D eigenvalue weighted by Gasteiger charge is -2.14. The van der Waals surface area contributed by atoms with E-state index in [1.54, 1.807) is 27.1 Å². The molecular weight excluding hydrogens is 342 g/mol. The number of allylic oxidation sites excluding steroid dienone is 1. The van der Waals surface area contributed by atoms with Crippen LogP contribution in [0.1, 0.15) is 63.1 Å². The summed E-state index contributed by atoms with van der Waals surface area (Å²) in [6, 6.07) is 0. The fourth-order valence-electron chi connectivity index (χ4n) is 3.85. The van der Waals surface area contributed by atoms with Crippen molar-refractivity contribution in [3.63, 3.8) is 0 Å². The molecule has 0 saturated heterocycles. The van der Waals surface area contributed by atoms with Crippen molar-refractivity contribution in [2.45, 2.75) is 58.5 Å². The Morgan fingerprint density at radius 1 is 1.37 bits per heavy atom. The van der Waals surface area contributed by atoms with E-state index in [4.69, 9.17) is 4.74 Å². The largest absolute Gasteiger partial charge is 0.462 e. The van der Waals surface area contributed by atoms with Crippen LogP contribution in [0.15, 0.2) is 16.6 Å². The van der Waals surface area contributed by atoms with Gasteiger partial charge in [0.25, 0.3) is 5.56 Å². The summed E-state index contributed by atoms with van der Waals surface area (Å²) >= 11 is 0. The second kappa shape index (κ2) is 7.36. The minimum Gasteiger partial charge on any atom is -0.462 e. The molecule has 0 amide bonds. The van der Waals surface area contributed by atoms with Crippen LogP contribution in [0, 0.1) is 17.8 Å². The molecule has 0 bridgehead atoms. The summed E-state index contributed by atoms with van der Waals surface area (Å²) in [5, 5.41) is 9.94. The van der Waals surface area contributed by atoms with E-state index in [1.807, 2.05) is 6.92 Å². The molecule has 0 atom stereocenters. The number of hydrogen-bond donors (Lipinski definition) is 1. The van der Waals surface area contributed by atoms with Gasteiger partial charge in [0.05, 0.1) is 12.2 Å². The summed E-state index contributed by atoms with van der Waals surface area (Å²) in [6.45, 7) is 5.49. The Labute approximate surface area is 160 Å². The van der Waals surface area contributed by atoms with Gasteiger partial charge in [0.15, 0.2) is 0 Å². The van der Waals surface area contributed by atoms with Gasteiger partial charge in [0, 0.05) is 36.4 Å². The Hall–Kier alpha value is -2.32. The Kier molecular flexibility index (Phi) is 5.30. The lowest BCUT2D eigenvalue weighted by molar-refractivity contribution is -0.137. The van der Waals surface area contributed by atoms with Crippen LogP contribution >= 0.6 is 0 Å². The zero-order valence-corrected chi connectivity index (χ0v) is 16.5. The Morgan fingerprint density at radius 2 is 2.04 bits per heavy atom. The van der Waals surface area contributed by atoms with Gasteiger partial charge in [0.2, 0.25) is 0 Å². The SMILES string of the molecule is CC1=C(C(=O)OCC2CCCC2)c2c(C#CC(C)(C)O)cn(C)c(=O)c2C1. The lowest BCUT2D eigenvalue weighted by Crippen LogP contribution is -2.23. The molecule has 1 aromatic rings. The van der Waals surface area contributed by atoms with Gasteiger partial charge in [-0.15, -0.1) is 0 Å². The minimum absolute atomic E-state index is 0.128. The fourth-order valence-corrected chi connectivity index (χ4v) is 3.85. The van der Waals surface area contributed by atoms with Crippen molar-refractivity contribution in [2.75, 3.05) is 6.61 Å². The van der Waals surface area contributed by atoms with Crippen LogP contribution in [0.2, 0.25) is 0 Å². The van der Waals surface area contributed by atoms with Gasteiger partial charge in [-0.1, -0.05) is 30.3 Å². The number of pyridine rings is 1. The highest BCUT2D eigenvalue weighted by Crippen LogP contribution is 2.34. The average Bonchev–Trinajstić information content (AvgIpc) is 3.21. The fraction of sp³-hybridized carbons (Fsp3) is 0.545. The predicted molar refractivity (Wildman–Crippen MR) is 104 cm³/mol. The average molecular weight is 369 g/mol. The molecular formula is C22H27NO4. The van der Waals surface area contributed by atoms with Gasteiger partial charge in [-0.05, 0) is 39.5 Å². The molecule has 27 heavy (non-hydrogen) atoms. The normalized spacial score (nSPS) is 16.9. The zero-order valence-electron chi connectivity index (χ0n) is 16.5. The third kappa shape index (κ3) is 4.17. The van der Waals surface area contributed by atoms with E-state index < -0.39 is 5.60 Å². The molecule has 1 N–H and O–H groups in total. The number of fused-ring (bicyclic) bond motifs is 1. The summed E-state index contributed by atoms with van der Waals surface area (Å²) in [5.74, 6) is 5.80. The standard InChI is InChI=1S/C22H27NO4/c1-14-11-17-19(18(14)21(25)27-13-15-7-5-6-8-15)16(9-10-22(2,3)26)12-23(4)20(17)24/h12,15,26H,5-8,11,13H2,1-4H3. The third-order valence-electron chi connectivity index (χ3n) is 5.22. The summed E-state index contributed by atoms with van der Waals surface area (Å²) in [6.07, 6.45) is 6.64. The highest BCUT2D eigenvalue weighted by Gasteiger charge is 2.31.